The average molecular weight is 419 g/mol. The molecule has 7 heteroatoms. The standard InChI is InChI=1S/C22H17F3N2O.ClH/c23-22(24,25)16-7-5-14(6-8-16)18-3-1-2-4-19(18)21(28)27-17-9-10-20-15(13-17)11-12-26-20;/h1-10,13,26H,11-12H2,(H,27,28);1H. The van der Waals surface area contributed by atoms with Gasteiger partial charge in [0.15, 0.2) is 0 Å². The van der Waals surface area contributed by atoms with Crippen LogP contribution in [0.5, 0.6) is 0 Å². The molecule has 1 heterocycles. The van der Waals surface area contributed by atoms with Crippen molar-refractivity contribution in [3.8, 4) is 11.1 Å². The number of hydrogen-bond acceptors (Lipinski definition) is 2. The highest BCUT2D eigenvalue weighted by atomic mass is 35.5. The van der Waals surface area contributed by atoms with Gasteiger partial charge in [0.2, 0.25) is 0 Å². The first-order chi connectivity index (χ1) is 13.4. The summed E-state index contributed by atoms with van der Waals surface area (Å²) >= 11 is 0. The first kappa shape index (κ1) is 20.7. The molecule has 150 valence electrons. The Morgan fingerprint density at radius 3 is 2.41 bits per heavy atom. The minimum absolute atomic E-state index is 0. The smallest absolute Gasteiger partial charge is 0.384 e. The SMILES string of the molecule is Cl.O=C(Nc1ccc2c(c1)CCN2)c1ccccc1-c1ccc(C(F)(F)F)cc1. The van der Waals surface area contributed by atoms with Crippen LogP contribution >= 0.6 is 12.4 Å². The minimum Gasteiger partial charge on any atom is -0.384 e. The van der Waals surface area contributed by atoms with Crippen molar-refractivity contribution in [1.29, 1.82) is 0 Å². The number of alkyl halides is 3. The fourth-order valence-corrected chi connectivity index (χ4v) is 3.35. The largest absolute Gasteiger partial charge is 0.416 e. The Hall–Kier alpha value is -2.99. The lowest BCUT2D eigenvalue weighted by atomic mass is 9.98. The van der Waals surface area contributed by atoms with Crippen molar-refractivity contribution in [3.05, 3.63) is 83.4 Å². The van der Waals surface area contributed by atoms with Gasteiger partial charge >= 0.3 is 6.18 Å². The maximum atomic E-state index is 12.8. The van der Waals surface area contributed by atoms with Gasteiger partial charge in [-0.2, -0.15) is 13.2 Å². The van der Waals surface area contributed by atoms with Crippen LogP contribution in [-0.2, 0) is 12.6 Å². The van der Waals surface area contributed by atoms with Crippen LogP contribution in [0.3, 0.4) is 0 Å². The average Bonchev–Trinajstić information content (AvgIpc) is 3.15. The third kappa shape index (κ3) is 4.38. The van der Waals surface area contributed by atoms with E-state index in [9.17, 15) is 18.0 Å². The molecule has 2 N–H and O–H groups in total. The van der Waals surface area contributed by atoms with Gasteiger partial charge in [-0.1, -0.05) is 30.3 Å². The zero-order valence-electron chi connectivity index (χ0n) is 15.2. The highest BCUT2D eigenvalue weighted by molar-refractivity contribution is 6.08. The van der Waals surface area contributed by atoms with Gasteiger partial charge in [0.25, 0.3) is 5.91 Å². The van der Waals surface area contributed by atoms with Crippen LogP contribution < -0.4 is 10.6 Å². The predicted molar refractivity (Wildman–Crippen MR) is 111 cm³/mol. The number of carbonyl (C=O) groups excluding carboxylic acids is 1. The lowest BCUT2D eigenvalue weighted by Crippen LogP contribution is -2.13. The molecule has 0 radical (unpaired) electrons. The number of fused-ring (bicyclic) bond motifs is 1. The molecule has 0 fully saturated rings. The van der Waals surface area contributed by atoms with E-state index in [0.29, 0.717) is 22.4 Å². The minimum atomic E-state index is -4.39. The van der Waals surface area contributed by atoms with Gasteiger partial charge in [0.1, 0.15) is 0 Å². The van der Waals surface area contributed by atoms with E-state index >= 15 is 0 Å². The summed E-state index contributed by atoms with van der Waals surface area (Å²) in [5.41, 5.74) is 3.73. The summed E-state index contributed by atoms with van der Waals surface area (Å²) in [6, 6.07) is 17.4. The highest BCUT2D eigenvalue weighted by Gasteiger charge is 2.30. The second kappa shape index (κ2) is 8.17. The maximum Gasteiger partial charge on any atom is 0.416 e. The highest BCUT2D eigenvalue weighted by Crippen LogP contribution is 2.32. The van der Waals surface area contributed by atoms with Crippen molar-refractivity contribution < 1.29 is 18.0 Å². The van der Waals surface area contributed by atoms with Gasteiger partial charge in [-0.05, 0) is 59.5 Å². The number of anilines is 2. The molecule has 0 spiro atoms. The lowest BCUT2D eigenvalue weighted by Gasteiger charge is -2.12. The second-order valence-electron chi connectivity index (χ2n) is 6.62. The van der Waals surface area contributed by atoms with Gasteiger partial charge in [-0.15, -0.1) is 12.4 Å². The Morgan fingerprint density at radius 1 is 0.966 bits per heavy atom. The molecule has 3 aromatic rings. The summed E-state index contributed by atoms with van der Waals surface area (Å²) < 4.78 is 38.4. The van der Waals surface area contributed by atoms with Gasteiger partial charge in [0, 0.05) is 23.5 Å². The van der Waals surface area contributed by atoms with Crippen molar-refractivity contribution in [2.75, 3.05) is 17.2 Å². The van der Waals surface area contributed by atoms with Gasteiger partial charge in [0.05, 0.1) is 5.56 Å². The summed E-state index contributed by atoms with van der Waals surface area (Å²) in [7, 11) is 0. The quantitative estimate of drug-likeness (QED) is 0.546. The van der Waals surface area contributed by atoms with Crippen LogP contribution in [-0.4, -0.2) is 12.5 Å². The molecule has 4 rings (SSSR count). The zero-order chi connectivity index (χ0) is 19.7. The van der Waals surface area contributed by atoms with Crippen molar-refractivity contribution in [2.45, 2.75) is 12.6 Å². The normalized spacial score (nSPS) is 12.5. The summed E-state index contributed by atoms with van der Waals surface area (Å²) in [4.78, 5) is 12.8. The molecular formula is C22H18ClF3N2O. The van der Waals surface area contributed by atoms with E-state index in [2.05, 4.69) is 10.6 Å². The Morgan fingerprint density at radius 2 is 1.69 bits per heavy atom. The van der Waals surface area contributed by atoms with E-state index in [4.69, 9.17) is 0 Å². The van der Waals surface area contributed by atoms with E-state index in [1.165, 1.54) is 12.1 Å². The number of benzene rings is 3. The molecule has 1 aliphatic rings. The molecule has 0 aromatic heterocycles. The van der Waals surface area contributed by atoms with E-state index in [0.717, 1.165) is 36.3 Å². The summed E-state index contributed by atoms with van der Waals surface area (Å²) in [5.74, 6) is -0.304. The number of hydrogen-bond donors (Lipinski definition) is 2. The lowest BCUT2D eigenvalue weighted by molar-refractivity contribution is -0.137. The number of carbonyl (C=O) groups is 1. The van der Waals surface area contributed by atoms with E-state index < -0.39 is 11.7 Å². The number of halogens is 4. The summed E-state index contributed by atoms with van der Waals surface area (Å²) in [5, 5.41) is 6.15. The van der Waals surface area contributed by atoms with Crippen LogP contribution in [0.1, 0.15) is 21.5 Å². The summed E-state index contributed by atoms with van der Waals surface area (Å²) in [6.07, 6.45) is -3.49. The first-order valence-electron chi connectivity index (χ1n) is 8.86. The number of nitrogens with one attached hydrogen (secondary N) is 2. The molecule has 29 heavy (non-hydrogen) atoms. The third-order valence-electron chi connectivity index (χ3n) is 4.77. The van der Waals surface area contributed by atoms with Gasteiger partial charge < -0.3 is 10.6 Å². The van der Waals surface area contributed by atoms with Gasteiger partial charge in [-0.25, -0.2) is 0 Å². The van der Waals surface area contributed by atoms with Crippen molar-refractivity contribution in [2.24, 2.45) is 0 Å². The van der Waals surface area contributed by atoms with E-state index in [1.54, 1.807) is 24.3 Å². The molecule has 3 nitrogen and oxygen atoms in total. The molecule has 1 amide bonds. The molecule has 0 atom stereocenters. The van der Waals surface area contributed by atoms with Crippen LogP contribution in [0.15, 0.2) is 66.7 Å². The first-order valence-corrected chi connectivity index (χ1v) is 8.86. The molecular weight excluding hydrogens is 401 g/mol. The zero-order valence-corrected chi connectivity index (χ0v) is 16.0. The van der Waals surface area contributed by atoms with Crippen LogP contribution in [0.4, 0.5) is 24.5 Å². The van der Waals surface area contributed by atoms with Crippen molar-refractivity contribution >= 4 is 29.7 Å². The van der Waals surface area contributed by atoms with E-state index in [-0.39, 0.29) is 18.3 Å². The molecule has 0 saturated carbocycles. The van der Waals surface area contributed by atoms with Crippen molar-refractivity contribution in [3.63, 3.8) is 0 Å². The predicted octanol–water partition coefficient (Wildman–Crippen LogP) is 6.01. The van der Waals surface area contributed by atoms with Gasteiger partial charge in [-0.3, -0.25) is 4.79 Å². The molecule has 1 aliphatic heterocycles. The molecule has 0 saturated heterocycles. The van der Waals surface area contributed by atoms with Crippen LogP contribution in [0, 0.1) is 0 Å². The van der Waals surface area contributed by atoms with Crippen molar-refractivity contribution in [1.82, 2.24) is 0 Å². The fourth-order valence-electron chi connectivity index (χ4n) is 3.35. The molecule has 0 bridgehead atoms. The van der Waals surface area contributed by atoms with Crippen LogP contribution in [0.25, 0.3) is 11.1 Å². The Balaban J connectivity index is 0.00000240. The maximum absolute atomic E-state index is 12.8. The Labute approximate surface area is 172 Å². The third-order valence-corrected chi connectivity index (χ3v) is 4.77. The Bertz CT molecular complexity index is 1030. The number of amides is 1. The summed E-state index contributed by atoms with van der Waals surface area (Å²) in [6.45, 7) is 0.878. The molecule has 0 unspecified atom stereocenters. The monoisotopic (exact) mass is 418 g/mol. The van der Waals surface area contributed by atoms with Crippen LogP contribution in [0.2, 0.25) is 0 Å². The molecule has 0 aliphatic carbocycles. The fraction of sp³-hybridized carbons (Fsp3) is 0.136. The molecule has 3 aromatic carbocycles. The number of rotatable bonds is 3. The topological polar surface area (TPSA) is 41.1 Å². The second-order valence-corrected chi connectivity index (χ2v) is 6.62. The van der Waals surface area contributed by atoms with E-state index in [1.807, 2.05) is 18.2 Å². The Kier molecular flexibility index (Phi) is 5.84.